The highest BCUT2D eigenvalue weighted by Gasteiger charge is 2.17. The Bertz CT molecular complexity index is 372. The van der Waals surface area contributed by atoms with Crippen molar-refractivity contribution >= 4 is 11.8 Å². The van der Waals surface area contributed by atoms with Gasteiger partial charge in [-0.05, 0) is 37.8 Å². The first kappa shape index (κ1) is 12.9. The van der Waals surface area contributed by atoms with Crippen molar-refractivity contribution in [3.63, 3.8) is 0 Å². The Kier molecular flexibility index (Phi) is 4.46. The van der Waals surface area contributed by atoms with Crippen LogP contribution in [0.4, 0.5) is 4.39 Å². The lowest BCUT2D eigenvalue weighted by Crippen LogP contribution is -2.09. The molecule has 0 aromatic heterocycles. The topological polar surface area (TPSA) is 26.0 Å². The van der Waals surface area contributed by atoms with E-state index < -0.39 is 0 Å². The molecule has 0 heterocycles. The van der Waals surface area contributed by atoms with E-state index in [4.69, 9.17) is 5.73 Å². The van der Waals surface area contributed by atoms with Crippen LogP contribution in [0.15, 0.2) is 23.1 Å². The molecule has 17 heavy (non-hydrogen) atoms. The molecule has 1 nitrogen and oxygen atoms in total. The van der Waals surface area contributed by atoms with Crippen molar-refractivity contribution in [2.45, 2.75) is 43.5 Å². The second-order valence-corrected chi connectivity index (χ2v) is 5.96. The largest absolute Gasteiger partial charge is 0.324 e. The third-order valence-electron chi connectivity index (χ3n) is 3.42. The maximum atomic E-state index is 13.7. The Morgan fingerprint density at radius 2 is 2.12 bits per heavy atom. The van der Waals surface area contributed by atoms with Crippen molar-refractivity contribution in [2.24, 2.45) is 11.7 Å². The summed E-state index contributed by atoms with van der Waals surface area (Å²) in [7, 11) is 0. The van der Waals surface area contributed by atoms with Gasteiger partial charge >= 0.3 is 0 Å². The summed E-state index contributed by atoms with van der Waals surface area (Å²) in [6, 6.07) is 5.03. The van der Waals surface area contributed by atoms with E-state index in [0.29, 0.717) is 5.56 Å². The summed E-state index contributed by atoms with van der Waals surface area (Å²) in [5, 5.41) is 0. The van der Waals surface area contributed by atoms with E-state index in [2.05, 4.69) is 0 Å². The molecule has 0 radical (unpaired) electrons. The summed E-state index contributed by atoms with van der Waals surface area (Å²) in [4.78, 5) is 1.02. The number of benzene rings is 1. The Balaban J connectivity index is 2.06. The van der Waals surface area contributed by atoms with Gasteiger partial charge in [-0.25, -0.2) is 4.39 Å². The highest BCUT2D eigenvalue weighted by atomic mass is 32.2. The first-order valence-electron chi connectivity index (χ1n) is 6.35. The molecule has 0 saturated heterocycles. The van der Waals surface area contributed by atoms with Crippen LogP contribution in [0.25, 0.3) is 0 Å². The van der Waals surface area contributed by atoms with Gasteiger partial charge < -0.3 is 5.73 Å². The maximum Gasteiger partial charge on any atom is 0.129 e. The zero-order valence-electron chi connectivity index (χ0n) is 10.3. The number of hydrogen-bond donors (Lipinski definition) is 1. The van der Waals surface area contributed by atoms with E-state index in [-0.39, 0.29) is 11.9 Å². The molecule has 94 valence electrons. The number of halogens is 1. The van der Waals surface area contributed by atoms with Crippen molar-refractivity contribution < 1.29 is 4.39 Å². The summed E-state index contributed by atoms with van der Waals surface area (Å²) in [5.74, 6) is 1.74. The molecule has 1 aliphatic carbocycles. The lowest BCUT2D eigenvalue weighted by atomic mass is 10.1. The second-order valence-electron chi connectivity index (χ2n) is 4.90. The van der Waals surface area contributed by atoms with E-state index in [0.717, 1.165) is 16.6 Å². The van der Waals surface area contributed by atoms with Crippen LogP contribution < -0.4 is 5.73 Å². The molecule has 0 bridgehead atoms. The first-order valence-corrected chi connectivity index (χ1v) is 7.34. The van der Waals surface area contributed by atoms with E-state index >= 15 is 0 Å². The monoisotopic (exact) mass is 253 g/mol. The molecule has 1 atom stereocenters. The molecule has 1 aliphatic rings. The fourth-order valence-electron chi connectivity index (χ4n) is 2.47. The highest BCUT2D eigenvalue weighted by Crippen LogP contribution is 2.34. The summed E-state index contributed by atoms with van der Waals surface area (Å²) < 4.78 is 13.7. The zero-order chi connectivity index (χ0) is 12.3. The Labute approximate surface area is 107 Å². The average molecular weight is 253 g/mol. The van der Waals surface area contributed by atoms with Crippen LogP contribution in [-0.4, -0.2) is 5.75 Å². The van der Waals surface area contributed by atoms with Gasteiger partial charge in [0.1, 0.15) is 5.82 Å². The van der Waals surface area contributed by atoms with Crippen molar-refractivity contribution in [1.82, 2.24) is 0 Å². The van der Waals surface area contributed by atoms with Gasteiger partial charge in [0, 0.05) is 22.3 Å². The minimum atomic E-state index is -0.234. The van der Waals surface area contributed by atoms with Gasteiger partial charge in [-0.2, -0.15) is 0 Å². The minimum Gasteiger partial charge on any atom is -0.324 e. The zero-order valence-corrected chi connectivity index (χ0v) is 11.1. The molecular weight excluding hydrogens is 233 g/mol. The summed E-state index contributed by atoms with van der Waals surface area (Å²) in [6.07, 6.45) is 5.37. The summed E-state index contributed by atoms with van der Waals surface area (Å²) in [6.45, 7) is 1.85. The third-order valence-corrected chi connectivity index (χ3v) is 4.72. The van der Waals surface area contributed by atoms with Gasteiger partial charge in [0.2, 0.25) is 0 Å². The highest BCUT2D eigenvalue weighted by molar-refractivity contribution is 7.99. The van der Waals surface area contributed by atoms with E-state index in [1.165, 1.54) is 31.7 Å². The fourth-order valence-corrected chi connectivity index (χ4v) is 3.83. The summed E-state index contributed by atoms with van der Waals surface area (Å²) in [5.41, 5.74) is 6.52. The molecule has 1 aromatic carbocycles. The van der Waals surface area contributed by atoms with Crippen molar-refractivity contribution in [3.05, 3.63) is 29.6 Å². The number of hydrogen-bond acceptors (Lipinski definition) is 2. The number of thioether (sulfide) groups is 1. The van der Waals surface area contributed by atoms with E-state index in [1.807, 2.05) is 13.0 Å². The molecule has 2 rings (SSSR count). The lowest BCUT2D eigenvalue weighted by molar-refractivity contribution is 0.584. The molecule has 0 spiro atoms. The summed E-state index contributed by atoms with van der Waals surface area (Å²) >= 11 is 1.77. The van der Waals surface area contributed by atoms with Crippen molar-refractivity contribution in [3.8, 4) is 0 Å². The van der Waals surface area contributed by atoms with Gasteiger partial charge in [-0.15, -0.1) is 11.8 Å². The maximum absolute atomic E-state index is 13.7. The molecule has 3 heteroatoms. The van der Waals surface area contributed by atoms with Crippen LogP contribution >= 0.6 is 11.8 Å². The Morgan fingerprint density at radius 1 is 1.41 bits per heavy atom. The first-order chi connectivity index (χ1) is 8.18. The van der Waals surface area contributed by atoms with Crippen LogP contribution in [0.1, 0.15) is 44.2 Å². The van der Waals surface area contributed by atoms with Gasteiger partial charge in [-0.3, -0.25) is 0 Å². The molecule has 2 N–H and O–H groups in total. The van der Waals surface area contributed by atoms with Crippen LogP contribution in [0.2, 0.25) is 0 Å². The van der Waals surface area contributed by atoms with Crippen LogP contribution in [-0.2, 0) is 0 Å². The Hall–Kier alpha value is -0.540. The van der Waals surface area contributed by atoms with Gasteiger partial charge in [-0.1, -0.05) is 18.9 Å². The van der Waals surface area contributed by atoms with E-state index in [9.17, 15) is 4.39 Å². The van der Waals surface area contributed by atoms with Crippen LogP contribution in [0, 0.1) is 11.7 Å². The normalized spacial score (nSPS) is 18.5. The van der Waals surface area contributed by atoms with E-state index in [1.54, 1.807) is 17.8 Å². The van der Waals surface area contributed by atoms with Crippen molar-refractivity contribution in [1.29, 1.82) is 0 Å². The standard InChI is InChI=1S/C14H20FNS/c1-10(16)14-12(15)7-4-8-13(14)17-9-11-5-2-3-6-11/h4,7-8,10-11H,2-3,5-6,9,16H2,1H3/t10-/m0/s1. The SMILES string of the molecule is C[C@H](N)c1c(F)cccc1SCC1CCCC1. The molecule has 0 unspecified atom stereocenters. The van der Waals surface area contributed by atoms with Crippen molar-refractivity contribution in [2.75, 3.05) is 5.75 Å². The predicted molar refractivity (Wildman–Crippen MR) is 71.7 cm³/mol. The minimum absolute atomic E-state index is 0.170. The van der Waals surface area contributed by atoms with Crippen LogP contribution in [0.5, 0.6) is 0 Å². The van der Waals surface area contributed by atoms with Gasteiger partial charge in [0.15, 0.2) is 0 Å². The van der Waals surface area contributed by atoms with Gasteiger partial charge in [0.25, 0.3) is 0 Å². The quantitative estimate of drug-likeness (QED) is 0.817. The molecule has 1 aromatic rings. The third kappa shape index (κ3) is 3.23. The average Bonchev–Trinajstić information content (AvgIpc) is 2.78. The fraction of sp³-hybridized carbons (Fsp3) is 0.571. The molecule has 1 fully saturated rings. The molecule has 0 amide bonds. The molecule has 0 aliphatic heterocycles. The molecule has 1 saturated carbocycles. The van der Waals surface area contributed by atoms with Crippen LogP contribution in [0.3, 0.4) is 0 Å². The molecular formula is C14H20FNS. The predicted octanol–water partition coefficient (Wildman–Crippen LogP) is 4.13. The number of rotatable bonds is 4. The smallest absolute Gasteiger partial charge is 0.129 e. The Morgan fingerprint density at radius 3 is 2.76 bits per heavy atom. The lowest BCUT2D eigenvalue weighted by Gasteiger charge is -2.15. The van der Waals surface area contributed by atoms with Gasteiger partial charge in [0.05, 0.1) is 0 Å². The number of nitrogens with two attached hydrogens (primary N) is 1. The second kappa shape index (κ2) is 5.87.